The molecule has 3 rings (SSSR count). The van der Waals surface area contributed by atoms with Crippen molar-refractivity contribution >= 4 is 18.0 Å². The molecule has 3 N–H and O–H groups in total. The molecule has 1 aliphatic rings. The number of hydrogen-bond acceptors (Lipinski definition) is 4. The first-order chi connectivity index (χ1) is 16.1. The molecule has 0 spiro atoms. The number of aliphatic carboxylic acids is 1. The predicted octanol–water partition coefficient (Wildman–Crippen LogP) is 4.56. The van der Waals surface area contributed by atoms with Crippen molar-refractivity contribution < 1.29 is 24.2 Å². The van der Waals surface area contributed by atoms with Crippen LogP contribution in [0.1, 0.15) is 57.6 Å². The Kier molecular flexibility index (Phi) is 7.97. The summed E-state index contributed by atoms with van der Waals surface area (Å²) in [4.78, 5) is 36.4. The van der Waals surface area contributed by atoms with Crippen LogP contribution in [0.4, 0.5) is 4.79 Å². The zero-order valence-corrected chi connectivity index (χ0v) is 20.3. The van der Waals surface area contributed by atoms with E-state index in [1.807, 2.05) is 45.0 Å². The Balaban J connectivity index is 1.58. The minimum atomic E-state index is -0.851. The van der Waals surface area contributed by atoms with Crippen molar-refractivity contribution in [3.8, 4) is 11.1 Å². The predicted molar refractivity (Wildman–Crippen MR) is 130 cm³/mol. The van der Waals surface area contributed by atoms with Crippen molar-refractivity contribution in [2.45, 2.75) is 52.5 Å². The Hall–Kier alpha value is -3.35. The summed E-state index contributed by atoms with van der Waals surface area (Å²) in [5.74, 6) is -1.69. The second-order valence-electron chi connectivity index (χ2n) is 9.94. The van der Waals surface area contributed by atoms with Crippen molar-refractivity contribution in [3.05, 3.63) is 59.7 Å². The molecule has 1 aliphatic carbocycles. The van der Waals surface area contributed by atoms with Gasteiger partial charge < -0.3 is 20.5 Å². The van der Waals surface area contributed by atoms with Crippen molar-refractivity contribution in [2.75, 3.05) is 13.2 Å². The van der Waals surface area contributed by atoms with E-state index in [1.165, 1.54) is 0 Å². The molecule has 0 heterocycles. The molecule has 7 heteroatoms. The number of fused-ring (bicyclic) bond motifs is 3. The first-order valence-electron chi connectivity index (χ1n) is 11.7. The van der Waals surface area contributed by atoms with Gasteiger partial charge in [-0.3, -0.25) is 9.59 Å². The quantitative estimate of drug-likeness (QED) is 0.470. The SMILES string of the molecule is CC(CCCNC(=O)[C@H](NC(=O)OCC1c2ccccc2-c2ccccc21)C(C)(C)C)C(=O)O. The van der Waals surface area contributed by atoms with Crippen molar-refractivity contribution in [1.29, 1.82) is 0 Å². The van der Waals surface area contributed by atoms with E-state index < -0.39 is 29.4 Å². The van der Waals surface area contributed by atoms with Crippen LogP contribution < -0.4 is 10.6 Å². The van der Waals surface area contributed by atoms with Gasteiger partial charge in [0.05, 0.1) is 5.92 Å². The Morgan fingerprint density at radius 1 is 1.00 bits per heavy atom. The molecule has 2 atom stereocenters. The lowest BCUT2D eigenvalue weighted by Gasteiger charge is -2.30. The fraction of sp³-hybridized carbons (Fsp3) is 0.444. The first-order valence-corrected chi connectivity index (χ1v) is 11.7. The third-order valence-electron chi connectivity index (χ3n) is 6.27. The van der Waals surface area contributed by atoms with Crippen LogP contribution in [0.5, 0.6) is 0 Å². The van der Waals surface area contributed by atoms with Crippen LogP contribution in [0.25, 0.3) is 11.1 Å². The monoisotopic (exact) mass is 466 g/mol. The van der Waals surface area contributed by atoms with Gasteiger partial charge in [0.15, 0.2) is 0 Å². The summed E-state index contributed by atoms with van der Waals surface area (Å²) in [5.41, 5.74) is 4.01. The summed E-state index contributed by atoms with van der Waals surface area (Å²) in [6.07, 6.45) is 0.368. The number of carboxylic acids is 1. The summed E-state index contributed by atoms with van der Waals surface area (Å²) in [6.45, 7) is 7.76. The van der Waals surface area contributed by atoms with E-state index in [4.69, 9.17) is 9.84 Å². The molecule has 1 unspecified atom stereocenters. The molecule has 0 bridgehead atoms. The van der Waals surface area contributed by atoms with Crippen LogP contribution in [0.3, 0.4) is 0 Å². The Morgan fingerprint density at radius 3 is 2.09 bits per heavy atom. The standard InChI is InChI=1S/C27H34N2O5/c1-17(25(31)32)10-9-15-28-24(30)23(27(2,3)4)29-26(33)34-16-22-20-13-7-5-11-18(20)19-12-6-8-14-21(19)22/h5-8,11-14,17,22-23H,9-10,15-16H2,1-4H3,(H,28,30)(H,29,33)(H,31,32)/t17?,23-/m0/s1. The van der Waals surface area contributed by atoms with Crippen molar-refractivity contribution in [2.24, 2.45) is 11.3 Å². The number of amides is 2. The van der Waals surface area contributed by atoms with Crippen LogP contribution in [-0.4, -0.2) is 42.3 Å². The van der Waals surface area contributed by atoms with Crippen molar-refractivity contribution in [1.82, 2.24) is 10.6 Å². The lowest BCUT2D eigenvalue weighted by atomic mass is 9.86. The number of alkyl carbamates (subject to hydrolysis) is 1. The zero-order valence-electron chi connectivity index (χ0n) is 20.3. The van der Waals surface area contributed by atoms with Gasteiger partial charge in [-0.15, -0.1) is 0 Å². The highest BCUT2D eigenvalue weighted by atomic mass is 16.5. The van der Waals surface area contributed by atoms with Crippen molar-refractivity contribution in [3.63, 3.8) is 0 Å². The summed E-state index contributed by atoms with van der Waals surface area (Å²) < 4.78 is 5.60. The normalized spacial score (nSPS) is 14.5. The average Bonchev–Trinajstić information content (AvgIpc) is 3.11. The maximum Gasteiger partial charge on any atom is 0.407 e. The molecule has 0 saturated carbocycles. The molecule has 0 aromatic heterocycles. The molecule has 7 nitrogen and oxygen atoms in total. The number of nitrogens with one attached hydrogen (secondary N) is 2. The molecule has 34 heavy (non-hydrogen) atoms. The molecule has 0 fully saturated rings. The van der Waals surface area contributed by atoms with Gasteiger partial charge in [0.1, 0.15) is 12.6 Å². The fourth-order valence-corrected chi connectivity index (χ4v) is 4.28. The molecule has 0 aliphatic heterocycles. The van der Waals surface area contributed by atoms with E-state index in [0.717, 1.165) is 22.3 Å². The Bertz CT molecular complexity index is 998. The maximum atomic E-state index is 12.8. The number of carboxylic acid groups (broad SMARTS) is 1. The number of benzene rings is 2. The third-order valence-corrected chi connectivity index (χ3v) is 6.27. The first kappa shape index (κ1) is 25.3. The molecular formula is C27H34N2O5. The number of ether oxygens (including phenoxy) is 1. The molecule has 2 aromatic rings. The summed E-state index contributed by atoms with van der Waals surface area (Å²) in [7, 11) is 0. The number of carbonyl (C=O) groups excluding carboxylic acids is 2. The summed E-state index contributed by atoms with van der Waals surface area (Å²) >= 11 is 0. The molecule has 0 saturated heterocycles. The van der Waals surface area contributed by atoms with E-state index in [0.29, 0.717) is 19.4 Å². The minimum Gasteiger partial charge on any atom is -0.481 e. The van der Waals surface area contributed by atoms with Gasteiger partial charge in [-0.25, -0.2) is 4.79 Å². The van der Waals surface area contributed by atoms with Gasteiger partial charge in [-0.1, -0.05) is 76.2 Å². The van der Waals surface area contributed by atoms with E-state index in [-0.39, 0.29) is 18.4 Å². The molecule has 182 valence electrons. The largest absolute Gasteiger partial charge is 0.481 e. The highest BCUT2D eigenvalue weighted by molar-refractivity contribution is 5.86. The molecule has 2 amide bonds. The summed E-state index contributed by atoms with van der Waals surface area (Å²) in [6, 6.07) is 15.4. The van der Waals surface area contributed by atoms with E-state index in [1.54, 1.807) is 6.92 Å². The number of carbonyl (C=O) groups is 3. The molecule has 2 aromatic carbocycles. The topological polar surface area (TPSA) is 105 Å². The van der Waals surface area contributed by atoms with E-state index in [2.05, 4.69) is 34.9 Å². The second-order valence-corrected chi connectivity index (χ2v) is 9.94. The van der Waals surface area contributed by atoms with Crippen LogP contribution >= 0.6 is 0 Å². The van der Waals surface area contributed by atoms with E-state index >= 15 is 0 Å². The van der Waals surface area contributed by atoms with Gasteiger partial charge in [-0.05, 0) is 40.5 Å². The zero-order chi connectivity index (χ0) is 24.9. The average molecular weight is 467 g/mol. The third kappa shape index (κ3) is 5.95. The van der Waals surface area contributed by atoms with E-state index in [9.17, 15) is 14.4 Å². The maximum absolute atomic E-state index is 12.8. The van der Waals surface area contributed by atoms with Crippen LogP contribution in [-0.2, 0) is 14.3 Å². The van der Waals surface area contributed by atoms with Crippen LogP contribution in [0.15, 0.2) is 48.5 Å². The highest BCUT2D eigenvalue weighted by Gasteiger charge is 2.34. The smallest absolute Gasteiger partial charge is 0.407 e. The summed E-state index contributed by atoms with van der Waals surface area (Å²) in [5, 5.41) is 14.5. The van der Waals surface area contributed by atoms with Gasteiger partial charge in [0.2, 0.25) is 5.91 Å². The van der Waals surface area contributed by atoms with Gasteiger partial charge in [-0.2, -0.15) is 0 Å². The number of rotatable bonds is 9. The van der Waals surface area contributed by atoms with Gasteiger partial charge in [0.25, 0.3) is 0 Å². The lowest BCUT2D eigenvalue weighted by Crippen LogP contribution is -2.54. The second kappa shape index (κ2) is 10.7. The molecular weight excluding hydrogens is 432 g/mol. The lowest BCUT2D eigenvalue weighted by molar-refractivity contribution is -0.141. The van der Waals surface area contributed by atoms with Gasteiger partial charge in [0, 0.05) is 12.5 Å². The highest BCUT2D eigenvalue weighted by Crippen LogP contribution is 2.44. The Morgan fingerprint density at radius 2 is 1.56 bits per heavy atom. The van der Waals surface area contributed by atoms with Gasteiger partial charge >= 0.3 is 12.1 Å². The minimum absolute atomic E-state index is 0.0590. The van der Waals surface area contributed by atoms with Crippen LogP contribution in [0, 0.1) is 11.3 Å². The number of hydrogen-bond donors (Lipinski definition) is 3. The Labute approximate surface area is 200 Å². The molecule has 0 radical (unpaired) electrons. The fourth-order valence-electron chi connectivity index (χ4n) is 4.28. The van der Waals surface area contributed by atoms with Crippen LogP contribution in [0.2, 0.25) is 0 Å².